The van der Waals surface area contributed by atoms with Gasteiger partial charge in [0.15, 0.2) is 0 Å². The van der Waals surface area contributed by atoms with Crippen LogP contribution < -0.4 is 0 Å². The Balaban J connectivity index is 1.91. The molecule has 5 heterocycles. The lowest BCUT2D eigenvalue weighted by atomic mass is 10.1. The molecule has 6 nitrogen and oxygen atoms in total. The van der Waals surface area contributed by atoms with Crippen molar-refractivity contribution in [1.29, 1.82) is 0 Å². The van der Waals surface area contributed by atoms with E-state index in [1.54, 1.807) is 14.0 Å². The Morgan fingerprint density at radius 2 is 1.39 bits per heavy atom. The number of hydrogen-bond acceptors (Lipinski definition) is 4. The molecule has 2 atom stereocenters. The van der Waals surface area contributed by atoms with Crippen LogP contribution in [0.15, 0.2) is 36.4 Å². The van der Waals surface area contributed by atoms with E-state index in [-0.39, 0.29) is 6.10 Å². The third-order valence-electron chi connectivity index (χ3n) is 5.49. The molecule has 0 aliphatic carbocycles. The van der Waals surface area contributed by atoms with Crippen molar-refractivity contribution in [2.24, 2.45) is 0 Å². The highest BCUT2D eigenvalue weighted by Crippen LogP contribution is 2.27. The second-order valence-electron chi connectivity index (χ2n) is 7.81. The van der Waals surface area contributed by atoms with Crippen LogP contribution in [0.25, 0.3) is 46.4 Å². The molecule has 0 fully saturated rings. The first-order valence-electron chi connectivity index (χ1n) is 10.7. The number of nitrogens with zero attached hydrogens (tertiary/aromatic N) is 2. The zero-order chi connectivity index (χ0) is 22.4. The summed E-state index contributed by atoms with van der Waals surface area (Å²) in [6.07, 6.45) is 6.83. The summed E-state index contributed by atoms with van der Waals surface area (Å²) in [5.74, 6) is 0. The predicted octanol–water partition coefficient (Wildman–Crippen LogP) is 5.42. The molecule has 0 radical (unpaired) electrons. The number of H-pyrrole nitrogens is 2. The van der Waals surface area contributed by atoms with E-state index in [4.69, 9.17) is 6.11 Å². The monoisotopic (exact) mass is 413 g/mol. The number of aromatic amines is 2. The first kappa shape index (κ1) is 18.3. The second kappa shape index (κ2) is 7.65. The topological polar surface area (TPSA) is 86.8 Å². The summed E-state index contributed by atoms with van der Waals surface area (Å²) in [4.78, 5) is 16.0. The molecular weight excluding hydrogens is 388 g/mol. The van der Waals surface area contributed by atoms with Gasteiger partial charge in [-0.25, -0.2) is 9.97 Å². The van der Waals surface area contributed by atoms with Crippen molar-refractivity contribution in [3.63, 3.8) is 0 Å². The molecule has 0 saturated heterocycles. The van der Waals surface area contributed by atoms with Crippen LogP contribution in [0.4, 0.5) is 0 Å². The van der Waals surface area contributed by atoms with Crippen molar-refractivity contribution >= 4 is 46.4 Å². The van der Waals surface area contributed by atoms with Crippen LogP contribution in [0.2, 0.25) is 0 Å². The Bertz CT molecular complexity index is 1430. The van der Waals surface area contributed by atoms with Crippen molar-refractivity contribution in [3.05, 3.63) is 70.3 Å². The number of fused-ring (bicyclic) bond motifs is 8. The Kier molecular flexibility index (Phi) is 4.52. The van der Waals surface area contributed by atoms with Crippen molar-refractivity contribution in [3.8, 4) is 0 Å². The standard InChI is InChI=1S/C25H24N4O2/c1-14(30)22-10-21-13-25-23(15(2)31-3)11-20(28-25)9-18-5-4-16(26-18)8-17-6-7-19(27-17)12-24(22)29-21/h4-15,28-30H,1-3H3/i11D. The van der Waals surface area contributed by atoms with Crippen molar-refractivity contribution in [1.82, 2.24) is 19.9 Å². The van der Waals surface area contributed by atoms with E-state index in [9.17, 15) is 5.11 Å². The molecule has 0 saturated carbocycles. The minimum absolute atomic E-state index is 0.269. The number of aliphatic hydroxyl groups excluding tert-OH is 1. The number of nitrogens with one attached hydrogen (secondary N) is 2. The molecule has 2 aliphatic rings. The highest BCUT2D eigenvalue weighted by Gasteiger charge is 2.12. The molecule has 5 rings (SSSR count). The van der Waals surface area contributed by atoms with Gasteiger partial charge in [0, 0.05) is 40.3 Å². The summed E-state index contributed by atoms with van der Waals surface area (Å²) in [6, 6.07) is 9.95. The van der Waals surface area contributed by atoms with Gasteiger partial charge in [0.25, 0.3) is 0 Å². The normalized spacial score (nSPS) is 15.2. The maximum absolute atomic E-state index is 10.3. The number of rotatable bonds is 3. The van der Waals surface area contributed by atoms with Crippen LogP contribution in [0.5, 0.6) is 0 Å². The SMILES string of the molecule is [2H]c1c(C(C)OC)c2cc3cc(C(C)O)c(cc4nc(cc5nc(cc1[nH]2)C=C5)C=C4)[nH]3. The fourth-order valence-corrected chi connectivity index (χ4v) is 3.85. The number of methoxy groups -OCH3 is 1. The zero-order valence-electron chi connectivity index (χ0n) is 18.6. The van der Waals surface area contributed by atoms with Crippen molar-refractivity contribution < 1.29 is 11.2 Å². The van der Waals surface area contributed by atoms with Crippen LogP contribution in [0.1, 0.15) is 61.3 Å². The lowest BCUT2D eigenvalue weighted by Crippen LogP contribution is -1.93. The van der Waals surface area contributed by atoms with Gasteiger partial charge in [0.1, 0.15) is 0 Å². The average molecular weight is 413 g/mol. The van der Waals surface area contributed by atoms with Gasteiger partial charge in [-0.1, -0.05) is 0 Å². The van der Waals surface area contributed by atoms with Crippen LogP contribution in [-0.2, 0) is 4.74 Å². The Labute approximate surface area is 181 Å². The summed E-state index contributed by atoms with van der Waals surface area (Å²) >= 11 is 0. The fraction of sp³-hybridized carbons (Fsp3) is 0.200. The molecular formula is C25H24N4O2. The van der Waals surface area contributed by atoms with Gasteiger partial charge in [0.2, 0.25) is 0 Å². The van der Waals surface area contributed by atoms with Crippen LogP contribution in [-0.4, -0.2) is 32.2 Å². The summed E-state index contributed by atoms with van der Waals surface area (Å²) in [6.45, 7) is 3.66. The van der Waals surface area contributed by atoms with Crippen LogP contribution in [0, 0.1) is 0 Å². The molecule has 3 aromatic heterocycles. The van der Waals surface area contributed by atoms with E-state index >= 15 is 0 Å². The molecule has 3 aromatic rings. The van der Waals surface area contributed by atoms with Gasteiger partial charge in [-0.2, -0.15) is 0 Å². The van der Waals surface area contributed by atoms with Gasteiger partial charge < -0.3 is 19.8 Å². The number of hydrogen-bond donors (Lipinski definition) is 3. The maximum Gasteiger partial charge on any atom is 0.0813 e. The summed E-state index contributed by atoms with van der Waals surface area (Å²) in [5.41, 5.74) is 7.75. The quantitative estimate of drug-likeness (QED) is 0.369. The van der Waals surface area contributed by atoms with Crippen molar-refractivity contribution in [2.75, 3.05) is 7.11 Å². The first-order valence-corrected chi connectivity index (χ1v) is 10.2. The fourth-order valence-electron chi connectivity index (χ4n) is 3.85. The van der Waals surface area contributed by atoms with Crippen molar-refractivity contribution in [2.45, 2.75) is 26.1 Å². The molecule has 3 N–H and O–H groups in total. The summed E-state index contributed by atoms with van der Waals surface area (Å²) in [5, 5.41) is 10.3. The minimum Gasteiger partial charge on any atom is -0.389 e. The van der Waals surface area contributed by atoms with Gasteiger partial charge in [-0.05, 0) is 74.5 Å². The Morgan fingerprint density at radius 1 is 0.806 bits per heavy atom. The molecule has 0 aromatic carbocycles. The second-order valence-corrected chi connectivity index (χ2v) is 7.81. The first-order chi connectivity index (χ1) is 15.4. The maximum atomic E-state index is 10.3. The summed E-state index contributed by atoms with van der Waals surface area (Å²) < 4.78 is 14.3. The zero-order valence-corrected chi connectivity index (χ0v) is 17.6. The molecule has 8 bridgehead atoms. The molecule has 0 amide bonds. The average Bonchev–Trinajstić information content (AvgIpc) is 3.52. The largest absolute Gasteiger partial charge is 0.389 e. The van der Waals surface area contributed by atoms with E-state index in [1.165, 1.54) is 0 Å². The van der Waals surface area contributed by atoms with E-state index in [0.29, 0.717) is 11.6 Å². The van der Waals surface area contributed by atoms with Crippen LogP contribution in [0.3, 0.4) is 0 Å². The third-order valence-corrected chi connectivity index (χ3v) is 5.49. The van der Waals surface area contributed by atoms with E-state index < -0.39 is 6.10 Å². The molecule has 0 spiro atoms. The molecule has 2 unspecified atom stereocenters. The van der Waals surface area contributed by atoms with Gasteiger partial charge >= 0.3 is 0 Å². The molecule has 156 valence electrons. The number of aliphatic hydroxyl groups is 1. The Morgan fingerprint density at radius 3 is 2.03 bits per heavy atom. The number of aromatic nitrogens is 4. The smallest absolute Gasteiger partial charge is 0.0813 e. The number of ether oxygens (including phenoxy) is 1. The highest BCUT2D eigenvalue weighted by molar-refractivity contribution is 5.79. The minimum atomic E-state index is -0.647. The molecule has 6 heteroatoms. The predicted molar refractivity (Wildman–Crippen MR) is 125 cm³/mol. The lowest BCUT2D eigenvalue weighted by Gasteiger charge is -2.06. The summed E-state index contributed by atoms with van der Waals surface area (Å²) in [7, 11) is 1.63. The van der Waals surface area contributed by atoms with Gasteiger partial charge in [-0.3, -0.25) is 0 Å². The third kappa shape index (κ3) is 3.83. The molecule has 31 heavy (non-hydrogen) atoms. The van der Waals surface area contributed by atoms with E-state index in [1.807, 2.05) is 61.6 Å². The Hall–Kier alpha value is -3.48. The lowest BCUT2D eigenvalue weighted by molar-refractivity contribution is 0.121. The van der Waals surface area contributed by atoms with E-state index in [0.717, 1.165) is 50.5 Å². The highest BCUT2D eigenvalue weighted by atomic mass is 16.5. The van der Waals surface area contributed by atoms with E-state index in [2.05, 4.69) is 19.9 Å². The van der Waals surface area contributed by atoms with Gasteiger partial charge in [-0.15, -0.1) is 0 Å². The van der Waals surface area contributed by atoms with Crippen LogP contribution >= 0.6 is 0 Å². The van der Waals surface area contributed by atoms with Gasteiger partial charge in [0.05, 0.1) is 36.4 Å². The molecule has 2 aliphatic heterocycles.